The van der Waals surface area contributed by atoms with E-state index >= 15 is 0 Å². The Bertz CT molecular complexity index is 1010. The maximum Gasteiger partial charge on any atom is 0.243 e. The molecular formula is C22H22FN3O3. The van der Waals surface area contributed by atoms with Crippen LogP contribution in [0.3, 0.4) is 0 Å². The third-order valence-corrected chi connectivity index (χ3v) is 4.45. The molecule has 2 N–H and O–H groups in total. The summed E-state index contributed by atoms with van der Waals surface area (Å²) in [4.78, 5) is 28.2. The van der Waals surface area contributed by atoms with Gasteiger partial charge in [0.2, 0.25) is 11.8 Å². The molecule has 0 aliphatic heterocycles. The van der Waals surface area contributed by atoms with E-state index in [1.54, 1.807) is 18.2 Å². The lowest BCUT2D eigenvalue weighted by Gasteiger charge is -2.11. The highest BCUT2D eigenvalue weighted by Crippen LogP contribution is 2.23. The Hall–Kier alpha value is -3.48. The molecule has 29 heavy (non-hydrogen) atoms. The quantitative estimate of drug-likeness (QED) is 0.638. The van der Waals surface area contributed by atoms with Gasteiger partial charge in [0.25, 0.3) is 0 Å². The maximum absolute atomic E-state index is 13.8. The molecule has 0 fully saturated rings. The summed E-state index contributed by atoms with van der Waals surface area (Å²) in [5, 5.41) is 5.39. The molecule has 3 rings (SSSR count). The Morgan fingerprint density at radius 3 is 2.48 bits per heavy atom. The van der Waals surface area contributed by atoms with Crippen LogP contribution < -0.4 is 10.6 Å². The van der Waals surface area contributed by atoms with Crippen LogP contribution >= 0.6 is 0 Å². The first-order chi connectivity index (χ1) is 13.9. The van der Waals surface area contributed by atoms with Crippen LogP contribution in [0.15, 0.2) is 53.1 Å². The van der Waals surface area contributed by atoms with Gasteiger partial charge in [-0.25, -0.2) is 9.37 Å². The lowest BCUT2D eigenvalue weighted by molar-refractivity contribution is -0.124. The van der Waals surface area contributed by atoms with Gasteiger partial charge in [-0.3, -0.25) is 9.59 Å². The zero-order valence-electron chi connectivity index (χ0n) is 16.3. The van der Waals surface area contributed by atoms with Crippen LogP contribution in [0.2, 0.25) is 0 Å². The van der Waals surface area contributed by atoms with Gasteiger partial charge in [-0.15, -0.1) is 0 Å². The molecule has 1 aromatic heterocycles. The van der Waals surface area contributed by atoms with E-state index in [1.165, 1.54) is 12.3 Å². The van der Waals surface area contributed by atoms with Crippen LogP contribution in [0.25, 0.3) is 11.3 Å². The summed E-state index contributed by atoms with van der Waals surface area (Å²) >= 11 is 0. The Balaban J connectivity index is 1.47. The minimum Gasteiger partial charge on any atom is -0.441 e. The predicted octanol–water partition coefficient (Wildman–Crippen LogP) is 3.79. The van der Waals surface area contributed by atoms with Gasteiger partial charge >= 0.3 is 0 Å². The third-order valence-electron chi connectivity index (χ3n) is 4.45. The molecule has 1 heterocycles. The fourth-order valence-electron chi connectivity index (χ4n) is 2.89. The molecule has 7 heteroatoms. The van der Waals surface area contributed by atoms with Crippen molar-refractivity contribution in [3.63, 3.8) is 0 Å². The molecule has 0 bridgehead atoms. The number of anilines is 1. The highest BCUT2D eigenvalue weighted by atomic mass is 19.1. The number of halogens is 1. The Kier molecular flexibility index (Phi) is 6.39. The minimum atomic E-state index is -0.400. The van der Waals surface area contributed by atoms with E-state index in [2.05, 4.69) is 15.6 Å². The normalized spacial score (nSPS) is 10.6. The van der Waals surface area contributed by atoms with E-state index in [0.29, 0.717) is 17.2 Å². The van der Waals surface area contributed by atoms with Gasteiger partial charge in [-0.2, -0.15) is 0 Å². The number of carbonyl (C=O) groups excluding carboxylic acids is 2. The average molecular weight is 395 g/mol. The zero-order valence-corrected chi connectivity index (χ0v) is 16.3. The largest absolute Gasteiger partial charge is 0.441 e. The van der Waals surface area contributed by atoms with E-state index in [4.69, 9.17) is 4.42 Å². The molecule has 6 nitrogen and oxygen atoms in total. The SMILES string of the molecule is Cc1cccc(C)c1NC(=O)CNC(=O)CCc1ncc(-c2ccccc2F)o1. The number of amides is 2. The number of hydrogen-bond acceptors (Lipinski definition) is 4. The number of oxazole rings is 1. The predicted molar refractivity (Wildman–Crippen MR) is 108 cm³/mol. The van der Waals surface area contributed by atoms with E-state index in [-0.39, 0.29) is 31.2 Å². The highest BCUT2D eigenvalue weighted by molar-refractivity contribution is 5.95. The molecule has 0 aliphatic rings. The monoisotopic (exact) mass is 395 g/mol. The minimum absolute atomic E-state index is 0.105. The van der Waals surface area contributed by atoms with Gasteiger partial charge in [-0.05, 0) is 37.1 Å². The summed E-state index contributed by atoms with van der Waals surface area (Å²) in [6.45, 7) is 3.69. The summed E-state index contributed by atoms with van der Waals surface area (Å²) in [5.41, 5.74) is 2.99. The Labute approximate surface area is 168 Å². The van der Waals surface area contributed by atoms with E-state index < -0.39 is 5.82 Å². The summed E-state index contributed by atoms with van der Waals surface area (Å²) < 4.78 is 19.3. The molecule has 0 spiro atoms. The fourth-order valence-corrected chi connectivity index (χ4v) is 2.89. The van der Waals surface area contributed by atoms with Crippen molar-refractivity contribution in [2.45, 2.75) is 26.7 Å². The van der Waals surface area contributed by atoms with Crippen molar-refractivity contribution < 1.29 is 18.4 Å². The van der Waals surface area contributed by atoms with Crippen molar-refractivity contribution in [1.82, 2.24) is 10.3 Å². The molecule has 150 valence electrons. The fraction of sp³-hybridized carbons (Fsp3) is 0.227. The van der Waals surface area contributed by atoms with Crippen molar-refractivity contribution >= 4 is 17.5 Å². The molecule has 2 amide bonds. The number of hydrogen-bond donors (Lipinski definition) is 2. The number of rotatable bonds is 7. The molecule has 0 radical (unpaired) electrons. The van der Waals surface area contributed by atoms with Gasteiger partial charge in [0.1, 0.15) is 5.82 Å². The van der Waals surface area contributed by atoms with Crippen molar-refractivity contribution in [2.75, 3.05) is 11.9 Å². The Morgan fingerprint density at radius 1 is 1.03 bits per heavy atom. The number of carbonyl (C=O) groups is 2. The number of nitrogens with zero attached hydrogens (tertiary/aromatic N) is 1. The molecule has 2 aromatic carbocycles. The van der Waals surface area contributed by atoms with Crippen LogP contribution in [0.1, 0.15) is 23.4 Å². The summed E-state index contributed by atoms with van der Waals surface area (Å²) in [6.07, 6.45) is 1.79. The van der Waals surface area contributed by atoms with E-state index in [1.807, 2.05) is 32.0 Å². The van der Waals surface area contributed by atoms with Crippen molar-refractivity contribution in [1.29, 1.82) is 0 Å². The van der Waals surface area contributed by atoms with Crippen LogP contribution in [-0.4, -0.2) is 23.3 Å². The van der Waals surface area contributed by atoms with Gasteiger partial charge in [0, 0.05) is 18.5 Å². The second kappa shape index (κ2) is 9.14. The van der Waals surface area contributed by atoms with Crippen LogP contribution in [0.5, 0.6) is 0 Å². The van der Waals surface area contributed by atoms with Crippen molar-refractivity contribution in [3.8, 4) is 11.3 Å². The van der Waals surface area contributed by atoms with Crippen molar-refractivity contribution in [2.24, 2.45) is 0 Å². The molecular weight excluding hydrogens is 373 g/mol. The van der Waals surface area contributed by atoms with Gasteiger partial charge in [0.05, 0.1) is 18.3 Å². The summed E-state index contributed by atoms with van der Waals surface area (Å²) in [5.74, 6) is -0.353. The maximum atomic E-state index is 13.8. The van der Waals surface area contributed by atoms with Gasteiger partial charge in [-0.1, -0.05) is 30.3 Å². The standard InChI is InChI=1S/C22H22FN3O3/c1-14-6-5-7-15(2)22(14)26-20(28)13-24-19(27)10-11-21-25-12-18(29-21)16-8-3-4-9-17(16)23/h3-9,12H,10-11,13H2,1-2H3,(H,24,27)(H,26,28). The molecule has 3 aromatic rings. The summed E-state index contributed by atoms with van der Waals surface area (Å²) in [6, 6.07) is 12.0. The third kappa shape index (κ3) is 5.28. The first kappa shape index (κ1) is 20.3. The smallest absolute Gasteiger partial charge is 0.243 e. The number of aromatic nitrogens is 1. The first-order valence-corrected chi connectivity index (χ1v) is 9.26. The number of aryl methyl sites for hydroxylation is 3. The molecule has 0 atom stereocenters. The molecule has 0 saturated carbocycles. The zero-order chi connectivity index (χ0) is 20.8. The molecule has 0 aliphatic carbocycles. The van der Waals surface area contributed by atoms with E-state index in [0.717, 1.165) is 16.8 Å². The molecule has 0 unspecified atom stereocenters. The second-order valence-electron chi connectivity index (χ2n) is 6.69. The number of nitrogens with one attached hydrogen (secondary N) is 2. The van der Waals surface area contributed by atoms with E-state index in [9.17, 15) is 14.0 Å². The van der Waals surface area contributed by atoms with Crippen LogP contribution in [-0.2, 0) is 16.0 Å². The van der Waals surface area contributed by atoms with Gasteiger partial charge in [0.15, 0.2) is 11.7 Å². The van der Waals surface area contributed by atoms with Gasteiger partial charge < -0.3 is 15.1 Å². The highest BCUT2D eigenvalue weighted by Gasteiger charge is 2.13. The summed E-state index contributed by atoms with van der Waals surface area (Å²) in [7, 11) is 0. The van der Waals surface area contributed by atoms with Crippen molar-refractivity contribution in [3.05, 3.63) is 71.5 Å². The molecule has 0 saturated heterocycles. The number of benzene rings is 2. The number of para-hydroxylation sites is 1. The second-order valence-corrected chi connectivity index (χ2v) is 6.69. The topological polar surface area (TPSA) is 84.2 Å². The van der Waals surface area contributed by atoms with Crippen LogP contribution in [0, 0.1) is 19.7 Å². The lowest BCUT2D eigenvalue weighted by Crippen LogP contribution is -2.33. The average Bonchev–Trinajstić information content (AvgIpc) is 3.17. The Morgan fingerprint density at radius 2 is 1.76 bits per heavy atom. The van der Waals surface area contributed by atoms with Crippen LogP contribution in [0.4, 0.5) is 10.1 Å². The first-order valence-electron chi connectivity index (χ1n) is 9.26. The lowest BCUT2D eigenvalue weighted by atomic mass is 10.1.